The third-order valence-electron chi connectivity index (χ3n) is 2.37. The summed E-state index contributed by atoms with van der Waals surface area (Å²) >= 11 is 1.43. The van der Waals surface area contributed by atoms with Crippen LogP contribution in [0.5, 0.6) is 0 Å². The zero-order valence-electron chi connectivity index (χ0n) is 9.87. The molecule has 2 rings (SSSR count). The topological polar surface area (TPSA) is 99.4 Å². The van der Waals surface area contributed by atoms with Gasteiger partial charge in [0.1, 0.15) is 17.5 Å². The number of nitrogen functional groups attached to an aromatic ring is 1. The van der Waals surface area contributed by atoms with Crippen molar-refractivity contribution in [2.75, 3.05) is 5.73 Å². The van der Waals surface area contributed by atoms with Gasteiger partial charge in [0.05, 0.1) is 17.8 Å². The van der Waals surface area contributed by atoms with Crippen LogP contribution in [0.2, 0.25) is 0 Å². The van der Waals surface area contributed by atoms with Crippen LogP contribution in [-0.2, 0) is 5.75 Å². The van der Waals surface area contributed by atoms with Gasteiger partial charge in [0, 0.05) is 5.75 Å². The smallest absolute Gasteiger partial charge is 0.189 e. The van der Waals surface area contributed by atoms with Gasteiger partial charge in [-0.15, -0.1) is 0 Å². The number of nitrogens with two attached hydrogens (primary N) is 1. The molecule has 0 unspecified atom stereocenters. The third-order valence-corrected chi connectivity index (χ3v) is 3.30. The minimum absolute atomic E-state index is 0.194. The standard InChI is InChI=1S/C13H9N5S/c14-5-9-1-3-10(4-2-9)8-19-13-17-7-11(6-15)12(16)18-13/h1-4,7H,8H2,(H2,16,17,18). The first-order valence-electron chi connectivity index (χ1n) is 5.37. The number of hydrogen-bond acceptors (Lipinski definition) is 6. The predicted molar refractivity (Wildman–Crippen MR) is 71.9 cm³/mol. The molecule has 6 heteroatoms. The zero-order valence-corrected chi connectivity index (χ0v) is 10.7. The first kappa shape index (κ1) is 12.9. The van der Waals surface area contributed by atoms with Crippen LogP contribution in [0.3, 0.4) is 0 Å². The van der Waals surface area contributed by atoms with E-state index in [1.54, 1.807) is 12.1 Å². The second kappa shape index (κ2) is 5.85. The molecule has 0 aliphatic carbocycles. The first-order valence-corrected chi connectivity index (χ1v) is 6.36. The van der Waals surface area contributed by atoms with Crippen LogP contribution in [0.4, 0.5) is 5.82 Å². The van der Waals surface area contributed by atoms with Gasteiger partial charge in [0.2, 0.25) is 0 Å². The van der Waals surface area contributed by atoms with Gasteiger partial charge in [0.15, 0.2) is 5.16 Å². The normalized spacial score (nSPS) is 9.58. The van der Waals surface area contributed by atoms with E-state index < -0.39 is 0 Å². The fourth-order valence-corrected chi connectivity index (χ4v) is 2.14. The molecule has 2 aromatic rings. The number of anilines is 1. The molecular weight excluding hydrogens is 258 g/mol. The Morgan fingerprint density at radius 2 is 1.89 bits per heavy atom. The summed E-state index contributed by atoms with van der Waals surface area (Å²) in [7, 11) is 0. The monoisotopic (exact) mass is 267 g/mol. The minimum atomic E-state index is 0.194. The molecule has 0 spiro atoms. The van der Waals surface area contributed by atoms with E-state index >= 15 is 0 Å². The highest BCUT2D eigenvalue weighted by atomic mass is 32.2. The molecule has 92 valence electrons. The van der Waals surface area contributed by atoms with E-state index in [2.05, 4.69) is 16.0 Å². The van der Waals surface area contributed by atoms with Gasteiger partial charge in [-0.1, -0.05) is 23.9 Å². The summed E-state index contributed by atoms with van der Waals surface area (Å²) in [5.74, 6) is 0.872. The maximum Gasteiger partial charge on any atom is 0.189 e. The summed E-state index contributed by atoms with van der Waals surface area (Å²) in [6.07, 6.45) is 1.42. The Kier molecular flexibility index (Phi) is 3.97. The molecule has 1 aromatic heterocycles. The maximum absolute atomic E-state index is 8.72. The highest BCUT2D eigenvalue weighted by Gasteiger charge is 2.04. The molecule has 0 aliphatic heterocycles. The van der Waals surface area contributed by atoms with Crippen molar-refractivity contribution in [2.24, 2.45) is 0 Å². The Morgan fingerprint density at radius 3 is 2.47 bits per heavy atom. The van der Waals surface area contributed by atoms with Crippen molar-refractivity contribution < 1.29 is 0 Å². The van der Waals surface area contributed by atoms with Gasteiger partial charge in [-0.25, -0.2) is 9.97 Å². The van der Waals surface area contributed by atoms with Crippen LogP contribution in [0.1, 0.15) is 16.7 Å². The molecule has 0 saturated heterocycles. The number of hydrogen-bond donors (Lipinski definition) is 1. The van der Waals surface area contributed by atoms with E-state index in [9.17, 15) is 0 Å². The lowest BCUT2D eigenvalue weighted by molar-refractivity contribution is 0.969. The Labute approximate surface area is 114 Å². The lowest BCUT2D eigenvalue weighted by Gasteiger charge is -2.02. The Balaban J connectivity index is 2.04. The SMILES string of the molecule is N#Cc1ccc(CSc2ncc(C#N)c(N)n2)cc1. The van der Waals surface area contributed by atoms with Gasteiger partial charge < -0.3 is 5.73 Å². The van der Waals surface area contributed by atoms with Crippen molar-refractivity contribution in [3.8, 4) is 12.1 Å². The molecule has 5 nitrogen and oxygen atoms in total. The summed E-state index contributed by atoms with van der Waals surface area (Å²) in [5.41, 5.74) is 7.59. The number of rotatable bonds is 3. The second-order valence-electron chi connectivity index (χ2n) is 3.66. The summed E-state index contributed by atoms with van der Waals surface area (Å²) in [6.45, 7) is 0. The average molecular weight is 267 g/mol. The van der Waals surface area contributed by atoms with Gasteiger partial charge in [-0.3, -0.25) is 0 Å². The second-order valence-corrected chi connectivity index (χ2v) is 4.60. The summed E-state index contributed by atoms with van der Waals surface area (Å²) in [5, 5.41) is 18.0. The van der Waals surface area contributed by atoms with Gasteiger partial charge >= 0.3 is 0 Å². The molecule has 0 aliphatic rings. The van der Waals surface area contributed by atoms with E-state index in [0.29, 0.717) is 16.5 Å². The summed E-state index contributed by atoms with van der Waals surface area (Å²) < 4.78 is 0. The van der Waals surface area contributed by atoms with E-state index in [-0.39, 0.29) is 11.4 Å². The largest absolute Gasteiger partial charge is 0.382 e. The Morgan fingerprint density at radius 1 is 1.16 bits per heavy atom. The van der Waals surface area contributed by atoms with Crippen molar-refractivity contribution in [3.63, 3.8) is 0 Å². The van der Waals surface area contributed by atoms with E-state index in [0.717, 1.165) is 5.56 Å². The van der Waals surface area contributed by atoms with Crippen molar-refractivity contribution >= 4 is 17.6 Å². The van der Waals surface area contributed by atoms with Crippen LogP contribution in [0, 0.1) is 22.7 Å². The predicted octanol–water partition coefficient (Wildman–Crippen LogP) is 2.09. The molecule has 2 N–H and O–H groups in total. The molecule has 0 fully saturated rings. The Bertz CT molecular complexity index is 667. The minimum Gasteiger partial charge on any atom is -0.382 e. The van der Waals surface area contributed by atoms with Crippen LogP contribution in [0.15, 0.2) is 35.6 Å². The lowest BCUT2D eigenvalue weighted by atomic mass is 10.2. The number of benzene rings is 1. The number of nitrogens with zero attached hydrogens (tertiary/aromatic N) is 4. The molecule has 0 bridgehead atoms. The summed E-state index contributed by atoms with van der Waals surface area (Å²) in [4.78, 5) is 8.10. The number of nitriles is 2. The Hall–Kier alpha value is -2.57. The quantitative estimate of drug-likeness (QED) is 0.675. The zero-order chi connectivity index (χ0) is 13.7. The lowest BCUT2D eigenvalue weighted by Crippen LogP contribution is -1.98. The molecule has 19 heavy (non-hydrogen) atoms. The molecule has 1 aromatic carbocycles. The van der Waals surface area contributed by atoms with Crippen LogP contribution >= 0.6 is 11.8 Å². The fraction of sp³-hybridized carbons (Fsp3) is 0.0769. The van der Waals surface area contributed by atoms with E-state index in [1.807, 2.05) is 18.2 Å². The van der Waals surface area contributed by atoms with Gasteiger partial charge in [-0.2, -0.15) is 10.5 Å². The average Bonchev–Trinajstić information content (AvgIpc) is 2.46. The number of aromatic nitrogens is 2. The van der Waals surface area contributed by atoms with Crippen LogP contribution in [-0.4, -0.2) is 9.97 Å². The van der Waals surface area contributed by atoms with Gasteiger partial charge in [-0.05, 0) is 17.7 Å². The molecule has 0 atom stereocenters. The van der Waals surface area contributed by atoms with Crippen molar-refractivity contribution in [3.05, 3.63) is 47.2 Å². The molecule has 0 saturated carbocycles. The van der Waals surface area contributed by atoms with Crippen molar-refractivity contribution in [2.45, 2.75) is 10.9 Å². The van der Waals surface area contributed by atoms with Crippen molar-refractivity contribution in [1.29, 1.82) is 10.5 Å². The molecular formula is C13H9N5S. The van der Waals surface area contributed by atoms with Gasteiger partial charge in [0.25, 0.3) is 0 Å². The van der Waals surface area contributed by atoms with Crippen LogP contribution < -0.4 is 5.73 Å². The van der Waals surface area contributed by atoms with Crippen LogP contribution in [0.25, 0.3) is 0 Å². The first-order chi connectivity index (χ1) is 9.22. The van der Waals surface area contributed by atoms with E-state index in [4.69, 9.17) is 16.3 Å². The highest BCUT2D eigenvalue weighted by molar-refractivity contribution is 7.98. The number of thioether (sulfide) groups is 1. The summed E-state index contributed by atoms with van der Waals surface area (Å²) in [6, 6.07) is 11.3. The molecule has 0 radical (unpaired) electrons. The fourth-order valence-electron chi connectivity index (χ4n) is 1.36. The van der Waals surface area contributed by atoms with E-state index in [1.165, 1.54) is 18.0 Å². The third kappa shape index (κ3) is 3.21. The van der Waals surface area contributed by atoms with Crippen molar-refractivity contribution in [1.82, 2.24) is 9.97 Å². The highest BCUT2D eigenvalue weighted by Crippen LogP contribution is 2.20. The maximum atomic E-state index is 8.72. The molecule has 1 heterocycles. The molecule has 0 amide bonds.